The molecule has 100 valence electrons. The zero-order chi connectivity index (χ0) is 14.1. The van der Waals surface area contributed by atoms with E-state index in [-0.39, 0.29) is 5.97 Å². The molecule has 0 saturated carbocycles. The molecule has 2 rings (SSSR count). The molecule has 0 bridgehead atoms. The van der Waals surface area contributed by atoms with Gasteiger partial charge in [0.05, 0.1) is 6.61 Å². The molecule has 0 fully saturated rings. The van der Waals surface area contributed by atoms with Crippen molar-refractivity contribution in [2.24, 2.45) is 0 Å². The molecular formula is C17H20O2. The molecule has 0 heterocycles. The minimum atomic E-state index is -0.211. The maximum atomic E-state index is 9.82. The maximum absolute atomic E-state index is 9.82. The normalized spacial score (nSPS) is 9.21. The van der Waals surface area contributed by atoms with Crippen molar-refractivity contribution in [1.29, 1.82) is 0 Å². The quantitative estimate of drug-likeness (QED) is 0.751. The molecule has 0 N–H and O–H groups in total. The number of ether oxygens (including phenoxy) is 1. The number of benzene rings is 2. The van der Waals surface area contributed by atoms with E-state index >= 15 is 0 Å². The summed E-state index contributed by atoms with van der Waals surface area (Å²) in [7, 11) is 0. The fraction of sp³-hybridized carbons (Fsp3) is 0.235. The van der Waals surface area contributed by atoms with Gasteiger partial charge in [0.25, 0.3) is 0 Å². The van der Waals surface area contributed by atoms with Crippen molar-refractivity contribution < 1.29 is 9.53 Å². The zero-order valence-electron chi connectivity index (χ0n) is 11.7. The Morgan fingerprint density at radius 1 is 1.00 bits per heavy atom. The van der Waals surface area contributed by atoms with Crippen molar-refractivity contribution in [2.45, 2.75) is 20.8 Å². The molecular weight excluding hydrogens is 236 g/mol. The molecule has 2 aromatic rings. The van der Waals surface area contributed by atoms with Crippen molar-refractivity contribution in [3.8, 4) is 11.1 Å². The Balaban J connectivity index is 0.000000258. The summed E-state index contributed by atoms with van der Waals surface area (Å²) in [6, 6.07) is 18.9. The van der Waals surface area contributed by atoms with Gasteiger partial charge in [-0.25, -0.2) is 0 Å². The fourth-order valence-electron chi connectivity index (χ4n) is 1.72. The molecule has 19 heavy (non-hydrogen) atoms. The smallest absolute Gasteiger partial charge is 0.302 e. The highest BCUT2D eigenvalue weighted by Crippen LogP contribution is 2.21. The lowest BCUT2D eigenvalue weighted by atomic mass is 10.0. The molecule has 0 aliphatic carbocycles. The summed E-state index contributed by atoms with van der Waals surface area (Å²) in [5.74, 6) is -0.211. The van der Waals surface area contributed by atoms with E-state index in [1.165, 1.54) is 23.6 Å². The molecule has 2 heteroatoms. The van der Waals surface area contributed by atoms with Crippen LogP contribution >= 0.6 is 0 Å². The summed E-state index contributed by atoms with van der Waals surface area (Å²) in [5.41, 5.74) is 3.94. The summed E-state index contributed by atoms with van der Waals surface area (Å²) in [6.07, 6.45) is 0. The first-order valence-electron chi connectivity index (χ1n) is 6.39. The van der Waals surface area contributed by atoms with E-state index in [1.54, 1.807) is 6.92 Å². The van der Waals surface area contributed by atoms with Gasteiger partial charge < -0.3 is 4.74 Å². The van der Waals surface area contributed by atoms with Crippen LogP contribution in [-0.4, -0.2) is 12.6 Å². The van der Waals surface area contributed by atoms with Crippen LogP contribution in [0.15, 0.2) is 54.6 Å². The van der Waals surface area contributed by atoms with Crippen LogP contribution in [0.3, 0.4) is 0 Å². The van der Waals surface area contributed by atoms with Crippen molar-refractivity contribution in [2.75, 3.05) is 6.61 Å². The number of esters is 1. The number of carbonyl (C=O) groups excluding carboxylic acids is 1. The van der Waals surface area contributed by atoms with Gasteiger partial charge in [0.1, 0.15) is 0 Å². The van der Waals surface area contributed by atoms with Crippen LogP contribution in [0.1, 0.15) is 19.4 Å². The number of hydrogen-bond donors (Lipinski definition) is 0. The monoisotopic (exact) mass is 256 g/mol. The third-order valence-electron chi connectivity index (χ3n) is 2.58. The van der Waals surface area contributed by atoms with Crippen molar-refractivity contribution in [3.05, 3.63) is 60.2 Å². The van der Waals surface area contributed by atoms with Gasteiger partial charge in [-0.3, -0.25) is 4.79 Å². The van der Waals surface area contributed by atoms with Crippen LogP contribution in [0.25, 0.3) is 11.1 Å². The van der Waals surface area contributed by atoms with Gasteiger partial charge in [0.15, 0.2) is 0 Å². The topological polar surface area (TPSA) is 26.3 Å². The van der Waals surface area contributed by atoms with Crippen LogP contribution in [0.5, 0.6) is 0 Å². The van der Waals surface area contributed by atoms with Gasteiger partial charge >= 0.3 is 5.97 Å². The highest BCUT2D eigenvalue weighted by Gasteiger charge is 1.97. The highest BCUT2D eigenvalue weighted by molar-refractivity contribution is 5.66. The lowest BCUT2D eigenvalue weighted by molar-refractivity contribution is -0.140. The third kappa shape index (κ3) is 5.38. The summed E-state index contributed by atoms with van der Waals surface area (Å²) < 4.78 is 4.40. The number of aryl methyl sites for hydroxylation is 1. The molecule has 0 unspecified atom stereocenters. The van der Waals surface area contributed by atoms with Crippen LogP contribution in [0.2, 0.25) is 0 Å². The second-order valence-corrected chi connectivity index (χ2v) is 4.11. The standard InChI is InChI=1S/C13H12.C4H8O2/c1-11-7-5-6-10-13(11)12-8-3-2-4-9-12;1-3-6-4(2)5/h2-10H,1H3;3H2,1-2H3. The lowest BCUT2D eigenvalue weighted by Gasteiger charge is -2.04. The van der Waals surface area contributed by atoms with E-state index in [2.05, 4.69) is 60.2 Å². The summed E-state index contributed by atoms with van der Waals surface area (Å²) in [6.45, 7) is 5.79. The van der Waals surface area contributed by atoms with Crippen LogP contribution < -0.4 is 0 Å². The average molecular weight is 256 g/mol. The van der Waals surface area contributed by atoms with Gasteiger partial charge in [0.2, 0.25) is 0 Å². The van der Waals surface area contributed by atoms with E-state index in [0.29, 0.717) is 6.61 Å². The molecule has 0 aromatic heterocycles. The second-order valence-electron chi connectivity index (χ2n) is 4.11. The first-order chi connectivity index (χ1) is 9.15. The van der Waals surface area contributed by atoms with Gasteiger partial charge in [-0.15, -0.1) is 0 Å². The maximum Gasteiger partial charge on any atom is 0.302 e. The molecule has 0 amide bonds. The van der Waals surface area contributed by atoms with E-state index in [9.17, 15) is 4.79 Å². The van der Waals surface area contributed by atoms with Crippen molar-refractivity contribution >= 4 is 5.97 Å². The number of carbonyl (C=O) groups is 1. The van der Waals surface area contributed by atoms with E-state index in [1.807, 2.05) is 6.07 Å². The largest absolute Gasteiger partial charge is 0.466 e. The van der Waals surface area contributed by atoms with Gasteiger partial charge in [-0.2, -0.15) is 0 Å². The molecule has 0 atom stereocenters. The first-order valence-corrected chi connectivity index (χ1v) is 6.39. The molecule has 2 nitrogen and oxygen atoms in total. The Bertz CT molecular complexity index is 504. The second kappa shape index (κ2) is 8.09. The third-order valence-corrected chi connectivity index (χ3v) is 2.58. The fourth-order valence-corrected chi connectivity index (χ4v) is 1.72. The molecule has 0 radical (unpaired) electrons. The minimum Gasteiger partial charge on any atom is -0.466 e. The SMILES string of the molecule is CCOC(C)=O.Cc1ccccc1-c1ccccc1. The lowest BCUT2D eigenvalue weighted by Crippen LogP contribution is -1.95. The Morgan fingerprint density at radius 2 is 1.58 bits per heavy atom. The first kappa shape index (κ1) is 15.0. The molecule has 0 spiro atoms. The highest BCUT2D eigenvalue weighted by atomic mass is 16.5. The van der Waals surface area contributed by atoms with Crippen molar-refractivity contribution in [3.63, 3.8) is 0 Å². The number of hydrogen-bond acceptors (Lipinski definition) is 2. The number of rotatable bonds is 2. The van der Waals surface area contributed by atoms with Gasteiger partial charge in [-0.05, 0) is 30.5 Å². The Kier molecular flexibility index (Phi) is 6.37. The Hall–Kier alpha value is -2.09. The van der Waals surface area contributed by atoms with E-state index in [0.717, 1.165) is 0 Å². The Morgan fingerprint density at radius 3 is 2.05 bits per heavy atom. The van der Waals surface area contributed by atoms with E-state index < -0.39 is 0 Å². The summed E-state index contributed by atoms with van der Waals surface area (Å²) in [5, 5.41) is 0. The molecule has 0 saturated heterocycles. The summed E-state index contributed by atoms with van der Waals surface area (Å²) in [4.78, 5) is 9.82. The minimum absolute atomic E-state index is 0.211. The predicted octanol–water partition coefficient (Wildman–Crippen LogP) is 4.23. The Labute approximate surface area is 115 Å². The van der Waals surface area contributed by atoms with E-state index in [4.69, 9.17) is 0 Å². The van der Waals surface area contributed by atoms with Gasteiger partial charge in [-0.1, -0.05) is 54.6 Å². The van der Waals surface area contributed by atoms with Gasteiger partial charge in [0, 0.05) is 6.92 Å². The molecule has 2 aromatic carbocycles. The predicted molar refractivity (Wildman–Crippen MR) is 78.9 cm³/mol. The zero-order valence-corrected chi connectivity index (χ0v) is 11.7. The van der Waals surface area contributed by atoms with Crippen LogP contribution in [0.4, 0.5) is 0 Å². The van der Waals surface area contributed by atoms with Crippen LogP contribution in [-0.2, 0) is 9.53 Å². The molecule has 0 aliphatic heterocycles. The van der Waals surface area contributed by atoms with Crippen LogP contribution in [0, 0.1) is 6.92 Å². The van der Waals surface area contributed by atoms with Crippen molar-refractivity contribution in [1.82, 2.24) is 0 Å². The molecule has 0 aliphatic rings. The summed E-state index contributed by atoms with van der Waals surface area (Å²) >= 11 is 0. The average Bonchev–Trinajstić information content (AvgIpc) is 2.41.